The van der Waals surface area contributed by atoms with Gasteiger partial charge >= 0.3 is 0 Å². The summed E-state index contributed by atoms with van der Waals surface area (Å²) in [6.45, 7) is 2.03. The SMILES string of the molecule is C[C@@H](N)c1ccc([P+](c2ccccc2)(c2ccccc2)c2ccccc2)cc1. The summed E-state index contributed by atoms with van der Waals surface area (Å²) in [5, 5.41) is 5.43. The maximum Gasteiger partial charge on any atom is 0.144 e. The highest BCUT2D eigenvalue weighted by molar-refractivity contribution is 8.01. The second-order valence-electron chi connectivity index (χ2n) is 7.06. The van der Waals surface area contributed by atoms with E-state index in [1.165, 1.54) is 21.2 Å². The van der Waals surface area contributed by atoms with Gasteiger partial charge in [0.15, 0.2) is 0 Å². The highest BCUT2D eigenvalue weighted by atomic mass is 31.2. The first-order valence-corrected chi connectivity index (χ1v) is 11.4. The Morgan fingerprint density at radius 2 is 0.821 bits per heavy atom. The highest BCUT2D eigenvalue weighted by Gasteiger charge is 2.47. The molecule has 2 heteroatoms. The van der Waals surface area contributed by atoms with Gasteiger partial charge in [-0.1, -0.05) is 66.7 Å². The van der Waals surface area contributed by atoms with Crippen molar-refractivity contribution in [3.05, 3.63) is 121 Å². The van der Waals surface area contributed by atoms with Gasteiger partial charge in [0, 0.05) is 6.04 Å². The molecule has 0 saturated heterocycles. The van der Waals surface area contributed by atoms with Crippen LogP contribution in [0.2, 0.25) is 0 Å². The Balaban J connectivity index is 2.07. The van der Waals surface area contributed by atoms with E-state index in [1.807, 2.05) is 6.92 Å². The van der Waals surface area contributed by atoms with Crippen molar-refractivity contribution in [2.75, 3.05) is 0 Å². The van der Waals surface area contributed by atoms with Crippen molar-refractivity contribution in [1.82, 2.24) is 0 Å². The molecule has 0 heterocycles. The first kappa shape index (κ1) is 18.6. The van der Waals surface area contributed by atoms with E-state index < -0.39 is 7.26 Å². The van der Waals surface area contributed by atoms with Crippen LogP contribution in [0.3, 0.4) is 0 Å². The maximum absolute atomic E-state index is 6.12. The molecule has 1 nitrogen and oxygen atoms in total. The third-order valence-electron chi connectivity index (χ3n) is 5.24. The quantitative estimate of drug-likeness (QED) is 0.511. The molecule has 0 radical (unpaired) electrons. The molecule has 0 unspecified atom stereocenters. The van der Waals surface area contributed by atoms with E-state index in [1.54, 1.807) is 0 Å². The molecule has 0 fully saturated rings. The summed E-state index contributed by atoms with van der Waals surface area (Å²) in [7, 11) is -2.00. The zero-order valence-corrected chi connectivity index (χ0v) is 17.0. The number of benzene rings is 4. The van der Waals surface area contributed by atoms with Gasteiger partial charge < -0.3 is 5.73 Å². The Labute approximate surface area is 168 Å². The van der Waals surface area contributed by atoms with Gasteiger partial charge in [0.2, 0.25) is 0 Å². The molecule has 0 amide bonds. The predicted octanol–water partition coefficient (Wildman–Crippen LogP) is 4.33. The molecule has 2 N–H and O–H groups in total. The van der Waals surface area contributed by atoms with Crippen molar-refractivity contribution >= 4 is 28.5 Å². The van der Waals surface area contributed by atoms with Crippen LogP contribution in [0.1, 0.15) is 18.5 Å². The van der Waals surface area contributed by atoms with Crippen LogP contribution in [0.15, 0.2) is 115 Å². The van der Waals surface area contributed by atoms with E-state index >= 15 is 0 Å². The molecule has 4 rings (SSSR count). The average molecular weight is 382 g/mol. The first-order valence-electron chi connectivity index (χ1n) is 9.65. The van der Waals surface area contributed by atoms with Crippen LogP contribution in [0.5, 0.6) is 0 Å². The average Bonchev–Trinajstić information content (AvgIpc) is 2.77. The lowest BCUT2D eigenvalue weighted by atomic mass is 10.1. The smallest absolute Gasteiger partial charge is 0.144 e. The lowest BCUT2D eigenvalue weighted by molar-refractivity contribution is 0.819. The second-order valence-corrected chi connectivity index (χ2v) is 10.5. The van der Waals surface area contributed by atoms with E-state index in [0.717, 1.165) is 5.56 Å². The van der Waals surface area contributed by atoms with Crippen molar-refractivity contribution < 1.29 is 0 Å². The summed E-state index contributed by atoms with van der Waals surface area (Å²) in [6, 6.07) is 41.7. The van der Waals surface area contributed by atoms with Crippen LogP contribution in [-0.2, 0) is 0 Å². The number of hydrogen-bond donors (Lipinski definition) is 1. The van der Waals surface area contributed by atoms with Gasteiger partial charge in [0.1, 0.15) is 28.5 Å². The van der Waals surface area contributed by atoms with Gasteiger partial charge in [0.25, 0.3) is 0 Å². The van der Waals surface area contributed by atoms with Crippen molar-refractivity contribution in [1.29, 1.82) is 0 Å². The van der Waals surface area contributed by atoms with Gasteiger partial charge in [-0.25, -0.2) is 0 Å². The van der Waals surface area contributed by atoms with Crippen LogP contribution in [0.25, 0.3) is 0 Å². The van der Waals surface area contributed by atoms with Gasteiger partial charge in [-0.3, -0.25) is 0 Å². The van der Waals surface area contributed by atoms with Gasteiger partial charge in [-0.15, -0.1) is 0 Å². The van der Waals surface area contributed by atoms with E-state index in [4.69, 9.17) is 5.73 Å². The topological polar surface area (TPSA) is 26.0 Å². The zero-order chi connectivity index (χ0) is 19.4. The van der Waals surface area contributed by atoms with Gasteiger partial charge in [-0.05, 0) is 61.0 Å². The highest BCUT2D eigenvalue weighted by Crippen LogP contribution is 2.54. The van der Waals surface area contributed by atoms with Gasteiger partial charge in [0.05, 0.1) is 0 Å². The van der Waals surface area contributed by atoms with Gasteiger partial charge in [-0.2, -0.15) is 0 Å². The molecular formula is C26H25NP+. The third kappa shape index (κ3) is 3.29. The molecule has 0 aromatic heterocycles. The molecule has 0 saturated carbocycles. The third-order valence-corrected chi connectivity index (χ3v) is 9.53. The number of nitrogens with two attached hydrogens (primary N) is 1. The van der Waals surface area contributed by atoms with E-state index in [0.29, 0.717) is 0 Å². The first-order chi connectivity index (χ1) is 13.7. The van der Waals surface area contributed by atoms with Crippen LogP contribution < -0.4 is 27.0 Å². The van der Waals surface area contributed by atoms with Crippen molar-refractivity contribution in [3.8, 4) is 0 Å². The zero-order valence-electron chi connectivity index (χ0n) is 16.1. The van der Waals surface area contributed by atoms with Crippen molar-refractivity contribution in [2.45, 2.75) is 13.0 Å². The maximum atomic E-state index is 6.12. The fourth-order valence-electron chi connectivity index (χ4n) is 3.85. The standard InChI is InChI=1S/C26H25NP/c1-21(27)22-17-19-26(20-18-22)28(23-11-5-2-6-12-23,24-13-7-3-8-14-24)25-15-9-4-10-16-25/h2-21H,27H2,1H3/q+1/t21-/m1/s1. The van der Waals surface area contributed by atoms with Crippen LogP contribution >= 0.6 is 7.26 Å². The Morgan fingerprint density at radius 1 is 0.500 bits per heavy atom. The summed E-state index contributed by atoms with van der Waals surface area (Å²) < 4.78 is 0. The molecule has 1 atom stereocenters. The molecule has 28 heavy (non-hydrogen) atoms. The van der Waals surface area contributed by atoms with Crippen molar-refractivity contribution in [2.24, 2.45) is 5.73 Å². The molecule has 0 spiro atoms. The molecular weight excluding hydrogens is 357 g/mol. The largest absolute Gasteiger partial charge is 0.324 e. The lowest BCUT2D eigenvalue weighted by Gasteiger charge is -2.27. The summed E-state index contributed by atoms with van der Waals surface area (Å²) in [6.07, 6.45) is 0. The van der Waals surface area contributed by atoms with Crippen LogP contribution in [-0.4, -0.2) is 0 Å². The fourth-order valence-corrected chi connectivity index (χ4v) is 8.09. The molecule has 4 aromatic carbocycles. The summed E-state index contributed by atoms with van der Waals surface area (Å²) in [5.74, 6) is 0. The molecule has 0 aliphatic carbocycles. The Bertz CT molecular complexity index is 914. The minimum Gasteiger partial charge on any atom is -0.324 e. The van der Waals surface area contributed by atoms with E-state index in [-0.39, 0.29) is 6.04 Å². The predicted molar refractivity (Wildman–Crippen MR) is 124 cm³/mol. The summed E-state index contributed by atoms with van der Waals surface area (Å²) >= 11 is 0. The van der Waals surface area contributed by atoms with Crippen LogP contribution in [0.4, 0.5) is 0 Å². The van der Waals surface area contributed by atoms with E-state index in [9.17, 15) is 0 Å². The minimum atomic E-state index is -2.00. The lowest BCUT2D eigenvalue weighted by Crippen LogP contribution is -2.38. The summed E-state index contributed by atoms with van der Waals surface area (Å²) in [4.78, 5) is 0. The number of hydrogen-bond acceptors (Lipinski definition) is 1. The van der Waals surface area contributed by atoms with Crippen molar-refractivity contribution in [3.63, 3.8) is 0 Å². The molecule has 0 aliphatic rings. The second kappa shape index (κ2) is 8.10. The van der Waals surface area contributed by atoms with Crippen LogP contribution in [0, 0.1) is 0 Å². The molecule has 0 bridgehead atoms. The normalized spacial score (nSPS) is 12.5. The van der Waals surface area contributed by atoms with E-state index in [2.05, 4.69) is 115 Å². The molecule has 0 aliphatic heterocycles. The molecule has 4 aromatic rings. The Hall–Kier alpha value is -2.73. The Morgan fingerprint density at radius 3 is 1.14 bits per heavy atom. The minimum absolute atomic E-state index is 0.0342. The fraction of sp³-hybridized carbons (Fsp3) is 0.0769. The molecule has 138 valence electrons. The summed E-state index contributed by atoms with van der Waals surface area (Å²) in [5.41, 5.74) is 7.28. The number of rotatable bonds is 5. The monoisotopic (exact) mass is 382 g/mol. The Kier molecular flexibility index (Phi) is 5.39.